The van der Waals surface area contributed by atoms with Gasteiger partial charge in [0.25, 0.3) is 0 Å². The van der Waals surface area contributed by atoms with Crippen molar-refractivity contribution in [2.45, 2.75) is 6.42 Å². The molecule has 1 aromatic carbocycles. The van der Waals surface area contributed by atoms with Gasteiger partial charge in [0.2, 0.25) is 0 Å². The number of nitrogens with two attached hydrogens (primary N) is 1. The molecule has 0 aliphatic heterocycles. The molecule has 17 heavy (non-hydrogen) atoms. The number of rotatable bonds is 4. The Morgan fingerprint density at radius 3 is 2.82 bits per heavy atom. The molecule has 0 aliphatic carbocycles. The van der Waals surface area contributed by atoms with Crippen molar-refractivity contribution in [3.8, 4) is 11.5 Å². The zero-order valence-electron chi connectivity index (χ0n) is 9.27. The van der Waals surface area contributed by atoms with Crippen LogP contribution in [0.1, 0.15) is 5.56 Å². The van der Waals surface area contributed by atoms with Crippen LogP contribution in [-0.2, 0) is 6.42 Å². The van der Waals surface area contributed by atoms with Gasteiger partial charge in [-0.3, -0.25) is 4.98 Å². The minimum atomic E-state index is 0.580. The number of aromatic nitrogens is 1. The third-order valence-corrected chi connectivity index (χ3v) is 2.58. The van der Waals surface area contributed by atoms with Crippen molar-refractivity contribution in [1.29, 1.82) is 0 Å². The monoisotopic (exact) mass is 248 g/mol. The highest BCUT2D eigenvalue weighted by atomic mass is 35.5. The van der Waals surface area contributed by atoms with E-state index in [2.05, 4.69) is 4.98 Å². The Labute approximate surface area is 105 Å². The first kappa shape index (κ1) is 11.9. The van der Waals surface area contributed by atoms with E-state index in [1.807, 2.05) is 24.3 Å². The zero-order chi connectivity index (χ0) is 12.1. The molecule has 88 valence electrons. The molecule has 0 saturated heterocycles. The Morgan fingerprint density at radius 1 is 1.24 bits per heavy atom. The molecule has 3 nitrogen and oxygen atoms in total. The fraction of sp³-hybridized carbons (Fsp3) is 0.154. The predicted molar refractivity (Wildman–Crippen MR) is 68.5 cm³/mol. The molecular formula is C13H13ClN2O. The van der Waals surface area contributed by atoms with Crippen LogP contribution < -0.4 is 10.5 Å². The van der Waals surface area contributed by atoms with E-state index >= 15 is 0 Å². The molecule has 0 atom stereocenters. The van der Waals surface area contributed by atoms with Gasteiger partial charge in [-0.2, -0.15) is 0 Å². The minimum absolute atomic E-state index is 0.580. The predicted octanol–water partition coefficient (Wildman–Crippen LogP) is 3.03. The summed E-state index contributed by atoms with van der Waals surface area (Å²) in [6.07, 6.45) is 4.22. The average molecular weight is 249 g/mol. The van der Waals surface area contributed by atoms with Crippen molar-refractivity contribution < 1.29 is 4.74 Å². The number of ether oxygens (including phenoxy) is 1. The van der Waals surface area contributed by atoms with Crippen molar-refractivity contribution in [2.75, 3.05) is 6.54 Å². The molecule has 0 amide bonds. The molecule has 1 aromatic heterocycles. The Bertz CT molecular complexity index is 502. The van der Waals surface area contributed by atoms with Crippen LogP contribution in [0.15, 0.2) is 42.7 Å². The van der Waals surface area contributed by atoms with Crippen LogP contribution in [0.4, 0.5) is 0 Å². The van der Waals surface area contributed by atoms with Gasteiger partial charge in [-0.15, -0.1) is 0 Å². The Hall–Kier alpha value is -1.58. The molecule has 0 bridgehead atoms. The quantitative estimate of drug-likeness (QED) is 0.905. The molecule has 4 heteroatoms. The Balaban J connectivity index is 2.18. The van der Waals surface area contributed by atoms with Crippen LogP contribution in [0.2, 0.25) is 5.02 Å². The molecule has 1 heterocycles. The summed E-state index contributed by atoms with van der Waals surface area (Å²) >= 11 is 6.01. The van der Waals surface area contributed by atoms with Crippen molar-refractivity contribution in [2.24, 2.45) is 5.73 Å². The van der Waals surface area contributed by atoms with Gasteiger partial charge in [0.15, 0.2) is 0 Å². The molecule has 2 N–H and O–H groups in total. The SMILES string of the molecule is NCCc1cncc(Oc2ccccc2Cl)c1. The zero-order valence-corrected chi connectivity index (χ0v) is 10.0. The van der Waals surface area contributed by atoms with Gasteiger partial charge < -0.3 is 10.5 Å². The van der Waals surface area contributed by atoms with Gasteiger partial charge in [-0.1, -0.05) is 23.7 Å². The second kappa shape index (κ2) is 5.66. The van der Waals surface area contributed by atoms with Gasteiger partial charge in [0, 0.05) is 6.20 Å². The number of halogens is 1. The summed E-state index contributed by atoms with van der Waals surface area (Å²) in [7, 11) is 0. The first-order chi connectivity index (χ1) is 8.29. The first-order valence-corrected chi connectivity index (χ1v) is 5.74. The lowest BCUT2D eigenvalue weighted by atomic mass is 10.2. The van der Waals surface area contributed by atoms with Crippen molar-refractivity contribution in [3.05, 3.63) is 53.3 Å². The van der Waals surface area contributed by atoms with E-state index in [0.717, 1.165) is 12.0 Å². The Morgan fingerprint density at radius 2 is 2.06 bits per heavy atom. The normalized spacial score (nSPS) is 10.2. The maximum absolute atomic E-state index is 6.01. The third-order valence-electron chi connectivity index (χ3n) is 2.27. The lowest BCUT2D eigenvalue weighted by molar-refractivity contribution is 0.479. The summed E-state index contributed by atoms with van der Waals surface area (Å²) in [6, 6.07) is 9.26. The maximum Gasteiger partial charge on any atom is 0.146 e. The minimum Gasteiger partial charge on any atom is -0.454 e. The summed E-state index contributed by atoms with van der Waals surface area (Å²) < 4.78 is 5.66. The fourth-order valence-electron chi connectivity index (χ4n) is 1.48. The first-order valence-electron chi connectivity index (χ1n) is 5.36. The van der Waals surface area contributed by atoms with Crippen LogP contribution in [0.5, 0.6) is 11.5 Å². The molecule has 0 fully saturated rings. The van der Waals surface area contributed by atoms with Gasteiger partial charge in [0.05, 0.1) is 11.2 Å². The number of para-hydroxylation sites is 1. The number of hydrogen-bond acceptors (Lipinski definition) is 3. The van der Waals surface area contributed by atoms with Gasteiger partial charge in [-0.25, -0.2) is 0 Å². The van der Waals surface area contributed by atoms with Crippen LogP contribution in [0, 0.1) is 0 Å². The smallest absolute Gasteiger partial charge is 0.146 e. The topological polar surface area (TPSA) is 48.1 Å². The van der Waals surface area contributed by atoms with Gasteiger partial charge in [0.1, 0.15) is 11.5 Å². The highest BCUT2D eigenvalue weighted by Gasteiger charge is 2.03. The van der Waals surface area contributed by atoms with E-state index in [1.54, 1.807) is 18.5 Å². The Kier molecular flexibility index (Phi) is 3.96. The molecule has 0 aliphatic rings. The second-order valence-corrected chi connectivity index (χ2v) is 4.01. The second-order valence-electron chi connectivity index (χ2n) is 3.60. The van der Waals surface area contributed by atoms with Crippen LogP contribution >= 0.6 is 11.6 Å². The van der Waals surface area contributed by atoms with Crippen LogP contribution in [-0.4, -0.2) is 11.5 Å². The van der Waals surface area contributed by atoms with Crippen molar-refractivity contribution in [1.82, 2.24) is 4.98 Å². The molecule has 0 unspecified atom stereocenters. The fourth-order valence-corrected chi connectivity index (χ4v) is 1.65. The number of nitrogens with zero attached hydrogens (tertiary/aromatic N) is 1. The van der Waals surface area contributed by atoms with E-state index in [0.29, 0.717) is 23.1 Å². The molecule has 0 radical (unpaired) electrons. The van der Waals surface area contributed by atoms with E-state index in [9.17, 15) is 0 Å². The van der Waals surface area contributed by atoms with E-state index in [4.69, 9.17) is 22.1 Å². The maximum atomic E-state index is 6.01. The summed E-state index contributed by atoms with van der Waals surface area (Å²) in [4.78, 5) is 4.11. The molecular weight excluding hydrogens is 236 g/mol. The lowest BCUT2D eigenvalue weighted by Crippen LogP contribution is -2.03. The molecule has 2 aromatic rings. The average Bonchev–Trinajstić information content (AvgIpc) is 2.33. The third kappa shape index (κ3) is 3.19. The number of pyridine rings is 1. The van der Waals surface area contributed by atoms with E-state index in [-0.39, 0.29) is 0 Å². The molecule has 2 rings (SSSR count). The van der Waals surface area contributed by atoms with Gasteiger partial charge in [-0.05, 0) is 36.7 Å². The summed E-state index contributed by atoms with van der Waals surface area (Å²) in [5.74, 6) is 1.30. The van der Waals surface area contributed by atoms with Crippen LogP contribution in [0.3, 0.4) is 0 Å². The lowest BCUT2D eigenvalue weighted by Gasteiger charge is -2.07. The summed E-state index contributed by atoms with van der Waals surface area (Å²) in [5, 5.41) is 0.580. The summed E-state index contributed by atoms with van der Waals surface area (Å²) in [5.41, 5.74) is 6.55. The largest absolute Gasteiger partial charge is 0.454 e. The standard InChI is InChI=1S/C13H13ClN2O/c14-12-3-1-2-4-13(12)17-11-7-10(5-6-15)8-16-9-11/h1-4,7-9H,5-6,15H2. The molecule has 0 saturated carbocycles. The number of benzene rings is 1. The highest BCUT2D eigenvalue weighted by molar-refractivity contribution is 6.32. The van der Waals surface area contributed by atoms with E-state index < -0.39 is 0 Å². The van der Waals surface area contributed by atoms with Gasteiger partial charge >= 0.3 is 0 Å². The van der Waals surface area contributed by atoms with Crippen molar-refractivity contribution >= 4 is 11.6 Å². The van der Waals surface area contributed by atoms with E-state index in [1.165, 1.54) is 0 Å². The number of hydrogen-bond donors (Lipinski definition) is 1. The molecule has 0 spiro atoms. The van der Waals surface area contributed by atoms with Crippen molar-refractivity contribution in [3.63, 3.8) is 0 Å². The van der Waals surface area contributed by atoms with Crippen LogP contribution in [0.25, 0.3) is 0 Å². The highest BCUT2D eigenvalue weighted by Crippen LogP contribution is 2.28. The summed E-state index contributed by atoms with van der Waals surface area (Å²) in [6.45, 7) is 0.594.